The highest BCUT2D eigenvalue weighted by atomic mass is 35.5. The van der Waals surface area contributed by atoms with Gasteiger partial charge in [0.25, 0.3) is 0 Å². The molecule has 4 aromatic carbocycles. The predicted octanol–water partition coefficient (Wildman–Crippen LogP) is 7.12. The van der Waals surface area contributed by atoms with Gasteiger partial charge < -0.3 is 15.4 Å². The molecular formula is C29H25ClN4O2. The number of para-hydroxylation sites is 3. The Bertz CT molecular complexity index is 1510. The lowest BCUT2D eigenvalue weighted by atomic mass is 10.1. The van der Waals surface area contributed by atoms with Crippen LogP contribution in [0, 0.1) is 0 Å². The Morgan fingerprint density at radius 2 is 1.69 bits per heavy atom. The molecule has 0 saturated carbocycles. The topological polar surface area (TPSA) is 68.2 Å². The molecule has 0 spiro atoms. The van der Waals surface area contributed by atoms with E-state index in [1.807, 2.05) is 54.6 Å². The van der Waals surface area contributed by atoms with E-state index in [-0.39, 0.29) is 6.03 Å². The number of aryl methyl sites for hydroxylation is 2. The fourth-order valence-corrected chi connectivity index (χ4v) is 4.40. The van der Waals surface area contributed by atoms with Crippen LogP contribution in [-0.4, -0.2) is 22.7 Å². The van der Waals surface area contributed by atoms with Crippen molar-refractivity contribution in [2.24, 2.45) is 0 Å². The number of hydrogen-bond donors (Lipinski definition) is 2. The number of fused-ring (bicyclic) bond motifs is 1. The minimum absolute atomic E-state index is 0.376. The zero-order valence-electron chi connectivity index (χ0n) is 19.7. The molecule has 0 aliphatic heterocycles. The molecule has 2 N–H and O–H groups in total. The Morgan fingerprint density at radius 1 is 0.889 bits per heavy atom. The summed E-state index contributed by atoms with van der Waals surface area (Å²) < 4.78 is 7.51. The lowest BCUT2D eigenvalue weighted by Gasteiger charge is -2.12. The van der Waals surface area contributed by atoms with Crippen molar-refractivity contribution in [3.05, 3.63) is 113 Å². The summed E-state index contributed by atoms with van der Waals surface area (Å²) >= 11 is 6.07. The lowest BCUT2D eigenvalue weighted by molar-refractivity contribution is 0.262. The second-order valence-corrected chi connectivity index (χ2v) is 8.75. The first-order valence-corrected chi connectivity index (χ1v) is 12.0. The summed E-state index contributed by atoms with van der Waals surface area (Å²) in [7, 11) is 1.54. The van der Waals surface area contributed by atoms with Gasteiger partial charge in [0.2, 0.25) is 0 Å². The van der Waals surface area contributed by atoms with Gasteiger partial charge in [0.1, 0.15) is 11.6 Å². The van der Waals surface area contributed by atoms with Crippen molar-refractivity contribution < 1.29 is 9.53 Å². The first kappa shape index (κ1) is 23.5. The van der Waals surface area contributed by atoms with Crippen molar-refractivity contribution >= 4 is 40.0 Å². The molecule has 0 radical (unpaired) electrons. The number of rotatable bonds is 7. The number of anilines is 2. The zero-order valence-corrected chi connectivity index (χ0v) is 20.5. The monoisotopic (exact) mass is 496 g/mol. The molecule has 1 aromatic heterocycles. The Balaban J connectivity index is 1.31. The van der Waals surface area contributed by atoms with E-state index >= 15 is 0 Å². The summed E-state index contributed by atoms with van der Waals surface area (Å²) in [5.74, 6) is 1.52. The number of urea groups is 1. The summed E-state index contributed by atoms with van der Waals surface area (Å²) in [6.07, 6.45) is 1.52. The first-order chi connectivity index (χ1) is 17.6. The van der Waals surface area contributed by atoms with E-state index in [4.69, 9.17) is 21.3 Å². The quantitative estimate of drug-likeness (QED) is 0.252. The third kappa shape index (κ3) is 5.19. The number of aromatic nitrogens is 2. The summed E-state index contributed by atoms with van der Waals surface area (Å²) in [5.41, 5.74) is 5.44. The standard InChI is InChI=1S/C29H25ClN4O2/c1-36-27-16-15-21(30)19-25(27)33-29(35)31-22-9-7-8-20(18-22)14-17-28-32-24-12-5-6-13-26(24)34(28)23-10-3-2-4-11-23/h2-13,15-16,18-19H,14,17H2,1H3,(H2,31,33,35). The van der Waals surface area contributed by atoms with E-state index in [1.165, 1.54) is 0 Å². The first-order valence-electron chi connectivity index (χ1n) is 11.6. The number of nitrogens with one attached hydrogen (secondary N) is 2. The minimum Gasteiger partial charge on any atom is -0.495 e. The number of halogens is 1. The fourth-order valence-electron chi connectivity index (χ4n) is 4.23. The van der Waals surface area contributed by atoms with Crippen molar-refractivity contribution in [2.75, 3.05) is 17.7 Å². The average molecular weight is 497 g/mol. The summed E-state index contributed by atoms with van der Waals surface area (Å²) in [5, 5.41) is 6.19. The molecule has 5 aromatic rings. The Kier molecular flexibility index (Phi) is 6.87. The van der Waals surface area contributed by atoms with Crippen molar-refractivity contribution in [1.29, 1.82) is 0 Å². The van der Waals surface area contributed by atoms with E-state index in [1.54, 1.807) is 25.3 Å². The highest BCUT2D eigenvalue weighted by Crippen LogP contribution is 2.28. The molecule has 36 heavy (non-hydrogen) atoms. The molecule has 0 aliphatic rings. The van der Waals surface area contributed by atoms with Gasteiger partial charge in [-0.2, -0.15) is 0 Å². The summed E-state index contributed by atoms with van der Waals surface area (Å²) in [4.78, 5) is 17.5. The van der Waals surface area contributed by atoms with Crippen LogP contribution in [0.1, 0.15) is 11.4 Å². The van der Waals surface area contributed by atoms with Crippen LogP contribution in [0.3, 0.4) is 0 Å². The Morgan fingerprint density at radius 3 is 2.53 bits per heavy atom. The van der Waals surface area contributed by atoms with Gasteiger partial charge in [-0.25, -0.2) is 9.78 Å². The van der Waals surface area contributed by atoms with Crippen molar-refractivity contribution in [1.82, 2.24) is 9.55 Å². The number of ether oxygens (including phenoxy) is 1. The molecule has 6 nitrogen and oxygen atoms in total. The zero-order chi connectivity index (χ0) is 24.9. The molecule has 2 amide bonds. The van der Waals surface area contributed by atoms with E-state index in [0.717, 1.165) is 41.0 Å². The number of methoxy groups -OCH3 is 1. The van der Waals surface area contributed by atoms with Crippen LogP contribution in [0.2, 0.25) is 5.02 Å². The number of benzene rings is 4. The molecule has 0 atom stereocenters. The van der Waals surface area contributed by atoms with E-state index in [2.05, 4.69) is 39.5 Å². The van der Waals surface area contributed by atoms with Gasteiger partial charge in [0.15, 0.2) is 0 Å². The van der Waals surface area contributed by atoms with Crippen LogP contribution in [0.15, 0.2) is 97.1 Å². The van der Waals surface area contributed by atoms with Gasteiger partial charge in [-0.1, -0.05) is 54.1 Å². The van der Waals surface area contributed by atoms with Crippen LogP contribution >= 0.6 is 11.6 Å². The normalized spacial score (nSPS) is 10.8. The molecule has 180 valence electrons. The maximum absolute atomic E-state index is 12.6. The van der Waals surface area contributed by atoms with Gasteiger partial charge in [-0.15, -0.1) is 0 Å². The Labute approximate surface area is 214 Å². The van der Waals surface area contributed by atoms with Gasteiger partial charge >= 0.3 is 6.03 Å². The second-order valence-electron chi connectivity index (χ2n) is 8.31. The molecule has 0 aliphatic carbocycles. The molecule has 0 bridgehead atoms. The Hall–Kier alpha value is -4.29. The number of imidazole rings is 1. The fraction of sp³-hybridized carbons (Fsp3) is 0.103. The van der Waals surface area contributed by atoms with Gasteiger partial charge in [0.05, 0.1) is 23.8 Å². The van der Waals surface area contributed by atoms with Crippen molar-refractivity contribution in [3.8, 4) is 11.4 Å². The molecular weight excluding hydrogens is 472 g/mol. The summed E-state index contributed by atoms with van der Waals surface area (Å²) in [6.45, 7) is 0. The van der Waals surface area contributed by atoms with Gasteiger partial charge in [-0.3, -0.25) is 4.57 Å². The van der Waals surface area contributed by atoms with Crippen molar-refractivity contribution in [3.63, 3.8) is 0 Å². The largest absolute Gasteiger partial charge is 0.495 e. The smallest absolute Gasteiger partial charge is 0.323 e. The minimum atomic E-state index is -0.376. The number of nitrogens with zero attached hydrogens (tertiary/aromatic N) is 2. The number of amides is 2. The molecule has 7 heteroatoms. The SMILES string of the molecule is COc1ccc(Cl)cc1NC(=O)Nc1cccc(CCc2nc3ccccc3n2-c2ccccc2)c1. The molecule has 0 fully saturated rings. The van der Waals surface area contributed by atoms with Crippen LogP contribution < -0.4 is 15.4 Å². The lowest BCUT2D eigenvalue weighted by Crippen LogP contribution is -2.20. The van der Waals surface area contributed by atoms with Crippen molar-refractivity contribution in [2.45, 2.75) is 12.8 Å². The summed E-state index contributed by atoms with van der Waals surface area (Å²) in [6, 6.07) is 31.0. The van der Waals surface area contributed by atoms with E-state index < -0.39 is 0 Å². The third-order valence-electron chi connectivity index (χ3n) is 5.88. The molecule has 1 heterocycles. The number of carbonyl (C=O) groups excluding carboxylic acids is 1. The van der Waals surface area contributed by atoms with Crippen LogP contribution in [0.5, 0.6) is 5.75 Å². The second kappa shape index (κ2) is 10.5. The maximum atomic E-state index is 12.6. The van der Waals surface area contributed by atoms with Gasteiger partial charge in [0, 0.05) is 22.8 Å². The highest BCUT2D eigenvalue weighted by molar-refractivity contribution is 6.31. The highest BCUT2D eigenvalue weighted by Gasteiger charge is 2.13. The van der Waals surface area contributed by atoms with Crippen LogP contribution in [0.25, 0.3) is 16.7 Å². The third-order valence-corrected chi connectivity index (χ3v) is 6.11. The molecule has 0 saturated heterocycles. The maximum Gasteiger partial charge on any atom is 0.323 e. The molecule has 5 rings (SSSR count). The predicted molar refractivity (Wildman–Crippen MR) is 146 cm³/mol. The van der Waals surface area contributed by atoms with Crippen LogP contribution in [0.4, 0.5) is 16.2 Å². The van der Waals surface area contributed by atoms with Gasteiger partial charge in [-0.05, 0) is 66.6 Å². The average Bonchev–Trinajstić information content (AvgIpc) is 3.27. The van der Waals surface area contributed by atoms with E-state index in [9.17, 15) is 4.79 Å². The van der Waals surface area contributed by atoms with E-state index in [0.29, 0.717) is 22.1 Å². The number of carbonyl (C=O) groups is 1. The molecule has 0 unspecified atom stereocenters. The van der Waals surface area contributed by atoms with Crippen LogP contribution in [-0.2, 0) is 12.8 Å². The number of hydrogen-bond acceptors (Lipinski definition) is 3.